The monoisotopic (exact) mass is 215 g/mol. The van der Waals surface area contributed by atoms with Crippen LogP contribution in [0.15, 0.2) is 23.3 Å². The van der Waals surface area contributed by atoms with Crippen LogP contribution in [0.1, 0.15) is 28.7 Å². The van der Waals surface area contributed by atoms with Crippen molar-refractivity contribution in [3.63, 3.8) is 0 Å². The average molecular weight is 215 g/mol. The molecule has 0 amide bonds. The molecule has 16 heavy (non-hydrogen) atoms. The Morgan fingerprint density at radius 2 is 1.88 bits per heavy atom. The topological polar surface area (TPSA) is 48.8 Å². The van der Waals surface area contributed by atoms with Gasteiger partial charge < -0.3 is 0 Å². The van der Waals surface area contributed by atoms with E-state index in [0.29, 0.717) is 6.54 Å². The second kappa shape index (κ2) is 5.99. The summed E-state index contributed by atoms with van der Waals surface area (Å²) in [5, 5.41) is 3.49. The Morgan fingerprint density at radius 1 is 1.19 bits per heavy atom. The smallest absolute Gasteiger partial charge is 0.0292 e. The van der Waals surface area contributed by atoms with Gasteiger partial charge in [0.1, 0.15) is 0 Å². The molecule has 1 aromatic rings. The van der Waals surface area contributed by atoms with E-state index in [0.717, 1.165) is 6.42 Å². The van der Waals surface area contributed by atoms with E-state index >= 15 is 0 Å². The largest absolute Gasteiger partial charge is 0.0937 e. The van der Waals surface area contributed by atoms with Crippen LogP contribution in [0.25, 0.3) is 16.5 Å². The molecule has 1 rings (SSSR count). The summed E-state index contributed by atoms with van der Waals surface area (Å²) >= 11 is 0. The number of hydrogen-bond acceptors (Lipinski definition) is 1. The molecule has 0 aromatic heterocycles. The first kappa shape index (κ1) is 12.3. The van der Waals surface area contributed by atoms with Crippen LogP contribution < -0.4 is 0 Å². The summed E-state index contributed by atoms with van der Waals surface area (Å²) in [5.41, 5.74) is 13.3. The Morgan fingerprint density at radius 3 is 2.56 bits per heavy atom. The highest BCUT2D eigenvalue weighted by Crippen LogP contribution is 2.16. The number of rotatable bonds is 4. The minimum Gasteiger partial charge on any atom is -0.0937 e. The lowest BCUT2D eigenvalue weighted by Gasteiger charge is -2.05. The molecule has 84 valence electrons. The Balaban J connectivity index is 2.73. The minimum atomic E-state index is 0.525. The molecule has 0 N–H and O–H groups in total. The predicted molar refractivity (Wildman–Crippen MR) is 68.3 cm³/mol. The zero-order valence-corrected chi connectivity index (χ0v) is 10.1. The van der Waals surface area contributed by atoms with Gasteiger partial charge in [0, 0.05) is 11.5 Å². The molecular weight excluding hydrogens is 198 g/mol. The summed E-state index contributed by atoms with van der Waals surface area (Å²) < 4.78 is 0. The lowest BCUT2D eigenvalue weighted by molar-refractivity contribution is 0.995. The molecule has 3 heteroatoms. The Labute approximate surface area is 96.4 Å². The van der Waals surface area contributed by atoms with Crippen molar-refractivity contribution >= 4 is 6.08 Å². The predicted octanol–water partition coefficient (Wildman–Crippen LogP) is 4.33. The van der Waals surface area contributed by atoms with Crippen LogP contribution in [-0.2, 0) is 0 Å². The summed E-state index contributed by atoms with van der Waals surface area (Å²) in [6.45, 7) is 6.87. The maximum absolute atomic E-state index is 8.13. The maximum atomic E-state index is 8.13. The van der Waals surface area contributed by atoms with E-state index in [2.05, 4.69) is 49.0 Å². The van der Waals surface area contributed by atoms with Gasteiger partial charge >= 0.3 is 0 Å². The second-order valence-corrected chi connectivity index (χ2v) is 3.94. The molecule has 0 aliphatic carbocycles. The molecule has 3 nitrogen and oxygen atoms in total. The fraction of sp³-hybridized carbons (Fsp3) is 0.385. The zero-order chi connectivity index (χ0) is 12.0. The van der Waals surface area contributed by atoms with Crippen molar-refractivity contribution in [2.24, 2.45) is 5.11 Å². The Bertz CT molecular complexity index is 441. The molecule has 0 heterocycles. The van der Waals surface area contributed by atoms with Crippen LogP contribution in [0.4, 0.5) is 0 Å². The van der Waals surface area contributed by atoms with E-state index in [4.69, 9.17) is 5.53 Å². The molecule has 0 aliphatic rings. The molecule has 1 aromatic carbocycles. The molecule has 0 aliphatic heterocycles. The van der Waals surface area contributed by atoms with Crippen LogP contribution in [0.5, 0.6) is 0 Å². The fourth-order valence-corrected chi connectivity index (χ4v) is 1.55. The van der Waals surface area contributed by atoms with Crippen molar-refractivity contribution in [1.82, 2.24) is 0 Å². The van der Waals surface area contributed by atoms with Crippen LogP contribution in [-0.4, -0.2) is 6.54 Å². The molecule has 0 atom stereocenters. The maximum Gasteiger partial charge on any atom is 0.0292 e. The summed E-state index contributed by atoms with van der Waals surface area (Å²) in [6, 6.07) is 4.39. The van der Waals surface area contributed by atoms with Gasteiger partial charge in [0.05, 0.1) is 0 Å². The summed E-state index contributed by atoms with van der Waals surface area (Å²) in [5.74, 6) is 0. The van der Waals surface area contributed by atoms with Gasteiger partial charge in [0.15, 0.2) is 0 Å². The van der Waals surface area contributed by atoms with Gasteiger partial charge in [-0.1, -0.05) is 29.4 Å². The van der Waals surface area contributed by atoms with Crippen LogP contribution >= 0.6 is 0 Å². The molecule has 0 radical (unpaired) electrons. The molecule has 0 fully saturated rings. The third-order valence-corrected chi connectivity index (χ3v) is 2.64. The van der Waals surface area contributed by atoms with Crippen molar-refractivity contribution in [2.45, 2.75) is 27.2 Å². The van der Waals surface area contributed by atoms with Gasteiger partial charge in [-0.3, -0.25) is 0 Å². The number of aryl methyl sites for hydroxylation is 3. The van der Waals surface area contributed by atoms with Crippen molar-refractivity contribution in [3.8, 4) is 0 Å². The molecule has 0 saturated carbocycles. The third kappa shape index (κ3) is 3.44. The molecular formula is C13H17N3. The van der Waals surface area contributed by atoms with Gasteiger partial charge in [0.2, 0.25) is 0 Å². The molecule has 0 saturated heterocycles. The lowest BCUT2D eigenvalue weighted by atomic mass is 10.0. The van der Waals surface area contributed by atoms with E-state index in [1.807, 2.05) is 6.08 Å². The van der Waals surface area contributed by atoms with Crippen LogP contribution in [0.3, 0.4) is 0 Å². The van der Waals surface area contributed by atoms with Crippen molar-refractivity contribution in [3.05, 3.63) is 50.9 Å². The van der Waals surface area contributed by atoms with Crippen molar-refractivity contribution < 1.29 is 0 Å². The zero-order valence-electron chi connectivity index (χ0n) is 10.1. The molecule has 0 spiro atoms. The number of azide groups is 1. The Kier molecular flexibility index (Phi) is 4.62. The highest BCUT2D eigenvalue weighted by atomic mass is 15.1. The summed E-state index contributed by atoms with van der Waals surface area (Å²) in [4.78, 5) is 2.71. The van der Waals surface area contributed by atoms with Crippen LogP contribution in [0, 0.1) is 20.8 Å². The summed E-state index contributed by atoms with van der Waals surface area (Å²) in [6.07, 6.45) is 4.93. The third-order valence-electron chi connectivity index (χ3n) is 2.64. The van der Waals surface area contributed by atoms with E-state index in [9.17, 15) is 0 Å². The first-order valence-corrected chi connectivity index (χ1v) is 5.40. The molecule has 0 unspecified atom stereocenters. The van der Waals surface area contributed by atoms with Crippen molar-refractivity contribution in [1.29, 1.82) is 0 Å². The van der Waals surface area contributed by atoms with E-state index < -0.39 is 0 Å². The van der Waals surface area contributed by atoms with Crippen molar-refractivity contribution in [2.75, 3.05) is 6.54 Å². The first-order valence-electron chi connectivity index (χ1n) is 5.40. The second-order valence-electron chi connectivity index (χ2n) is 3.94. The summed E-state index contributed by atoms with van der Waals surface area (Å²) in [7, 11) is 0. The molecule has 0 bridgehead atoms. The number of benzene rings is 1. The Hall–Kier alpha value is -1.73. The van der Waals surface area contributed by atoms with Gasteiger partial charge in [-0.25, -0.2) is 0 Å². The fourth-order valence-electron chi connectivity index (χ4n) is 1.55. The van der Waals surface area contributed by atoms with Gasteiger partial charge in [-0.2, -0.15) is 0 Å². The minimum absolute atomic E-state index is 0.525. The van der Waals surface area contributed by atoms with E-state index in [1.165, 1.54) is 22.3 Å². The van der Waals surface area contributed by atoms with E-state index in [1.54, 1.807) is 0 Å². The number of nitrogens with zero attached hydrogens (tertiary/aromatic N) is 3. The standard InChI is InChI=1S/C13H17N3/c1-10-8-12(3)13(9-11(10)2)6-4-5-7-15-16-14/h4,6,8-9H,5,7H2,1-3H3. The first-order chi connectivity index (χ1) is 7.65. The quantitative estimate of drug-likeness (QED) is 0.311. The van der Waals surface area contributed by atoms with Gasteiger partial charge in [-0.15, -0.1) is 0 Å². The van der Waals surface area contributed by atoms with Crippen LogP contribution in [0.2, 0.25) is 0 Å². The van der Waals surface area contributed by atoms with E-state index in [-0.39, 0.29) is 0 Å². The lowest BCUT2D eigenvalue weighted by Crippen LogP contribution is -1.87. The highest BCUT2D eigenvalue weighted by molar-refractivity contribution is 5.56. The number of hydrogen-bond donors (Lipinski definition) is 0. The van der Waals surface area contributed by atoms with Gasteiger partial charge in [-0.05, 0) is 55.0 Å². The van der Waals surface area contributed by atoms with Gasteiger partial charge in [0.25, 0.3) is 0 Å². The SMILES string of the molecule is Cc1cc(C)c(C=CCCN=[N+]=[N-])cc1C. The average Bonchev–Trinajstić information content (AvgIpc) is 2.25. The highest BCUT2D eigenvalue weighted by Gasteiger charge is 1.98. The normalized spacial score (nSPS) is 10.4.